The molecule has 8 N–H and O–H groups in total. The van der Waals surface area contributed by atoms with E-state index in [-0.39, 0.29) is 0 Å². The van der Waals surface area contributed by atoms with Gasteiger partial charge < -0.3 is 36.8 Å². The number of carbonyl (C=O) groups excluding carboxylic acids is 2. The molecule has 0 radical (unpaired) electrons. The molecule has 126 valence electrons. The summed E-state index contributed by atoms with van der Waals surface area (Å²) in [7, 11) is 0. The summed E-state index contributed by atoms with van der Waals surface area (Å²) >= 11 is 0. The van der Waals surface area contributed by atoms with Crippen molar-refractivity contribution in [3.05, 3.63) is 0 Å². The minimum absolute atomic E-state index is 0.686. The van der Waals surface area contributed by atoms with Gasteiger partial charge in [0.25, 0.3) is 0 Å². The molecule has 0 saturated carbocycles. The van der Waals surface area contributed by atoms with Crippen molar-refractivity contribution in [1.29, 1.82) is 0 Å². The molecular formula is C11H19N3O8. The van der Waals surface area contributed by atoms with E-state index in [2.05, 4.69) is 0 Å². The SMILES string of the molecule is CC(O)C(NC(=O)C(N)CC(=O)O)C(=O)NC(CO)C(=O)O. The van der Waals surface area contributed by atoms with Crippen LogP contribution in [0.15, 0.2) is 0 Å². The number of aliphatic carboxylic acids is 2. The molecule has 11 heteroatoms. The van der Waals surface area contributed by atoms with E-state index in [1.807, 2.05) is 10.6 Å². The second-order valence-corrected chi connectivity index (χ2v) is 4.51. The van der Waals surface area contributed by atoms with Crippen molar-refractivity contribution in [2.45, 2.75) is 37.6 Å². The summed E-state index contributed by atoms with van der Waals surface area (Å²) in [5, 5.41) is 39.4. The molecule has 4 unspecified atom stereocenters. The van der Waals surface area contributed by atoms with Gasteiger partial charge in [0, 0.05) is 0 Å². The van der Waals surface area contributed by atoms with Gasteiger partial charge in [-0.15, -0.1) is 0 Å². The molecule has 0 aliphatic carbocycles. The summed E-state index contributed by atoms with van der Waals surface area (Å²) in [5.74, 6) is -4.90. The quantitative estimate of drug-likeness (QED) is 0.222. The number of carbonyl (C=O) groups is 4. The van der Waals surface area contributed by atoms with Crippen molar-refractivity contribution >= 4 is 23.8 Å². The molecule has 0 fully saturated rings. The number of hydrogen-bond acceptors (Lipinski definition) is 7. The second kappa shape index (κ2) is 8.92. The Bertz CT molecular complexity index is 439. The van der Waals surface area contributed by atoms with Gasteiger partial charge in [-0.1, -0.05) is 0 Å². The Morgan fingerprint density at radius 3 is 2.00 bits per heavy atom. The van der Waals surface area contributed by atoms with Crippen LogP contribution in [0.5, 0.6) is 0 Å². The van der Waals surface area contributed by atoms with E-state index in [0.717, 1.165) is 6.92 Å². The van der Waals surface area contributed by atoms with Crippen LogP contribution in [0.3, 0.4) is 0 Å². The first-order valence-electron chi connectivity index (χ1n) is 6.20. The van der Waals surface area contributed by atoms with Crippen molar-refractivity contribution in [3.63, 3.8) is 0 Å². The predicted molar refractivity (Wildman–Crippen MR) is 70.5 cm³/mol. The van der Waals surface area contributed by atoms with Crippen LogP contribution in [0.4, 0.5) is 0 Å². The maximum Gasteiger partial charge on any atom is 0.328 e. The average Bonchev–Trinajstić information content (AvgIpc) is 2.39. The summed E-state index contributed by atoms with van der Waals surface area (Å²) in [4.78, 5) is 44.6. The molecule has 4 atom stereocenters. The van der Waals surface area contributed by atoms with Crippen molar-refractivity contribution in [3.8, 4) is 0 Å². The van der Waals surface area contributed by atoms with Crippen LogP contribution in [-0.2, 0) is 19.2 Å². The van der Waals surface area contributed by atoms with Crippen molar-refractivity contribution in [1.82, 2.24) is 10.6 Å². The monoisotopic (exact) mass is 321 g/mol. The fourth-order valence-corrected chi connectivity index (χ4v) is 1.39. The first-order chi connectivity index (χ1) is 10.1. The maximum absolute atomic E-state index is 11.8. The van der Waals surface area contributed by atoms with Crippen molar-refractivity contribution in [2.75, 3.05) is 6.61 Å². The van der Waals surface area contributed by atoms with Gasteiger partial charge >= 0.3 is 11.9 Å². The van der Waals surface area contributed by atoms with E-state index in [0.29, 0.717) is 0 Å². The van der Waals surface area contributed by atoms with Crippen LogP contribution < -0.4 is 16.4 Å². The number of hydrogen-bond donors (Lipinski definition) is 7. The minimum atomic E-state index is -1.61. The zero-order chi connectivity index (χ0) is 17.4. The van der Waals surface area contributed by atoms with Crippen LogP contribution >= 0.6 is 0 Å². The fraction of sp³-hybridized carbons (Fsp3) is 0.636. The molecule has 0 aliphatic rings. The largest absolute Gasteiger partial charge is 0.481 e. The van der Waals surface area contributed by atoms with Crippen LogP contribution in [0.25, 0.3) is 0 Å². The third-order valence-corrected chi connectivity index (χ3v) is 2.59. The van der Waals surface area contributed by atoms with Gasteiger partial charge in [0.15, 0.2) is 0 Å². The number of nitrogens with one attached hydrogen (secondary N) is 2. The number of amides is 2. The Hall–Kier alpha value is -2.24. The van der Waals surface area contributed by atoms with Crippen LogP contribution in [-0.4, -0.2) is 75.0 Å². The molecule has 0 aromatic carbocycles. The summed E-state index contributed by atoms with van der Waals surface area (Å²) < 4.78 is 0. The number of carboxylic acid groups (broad SMARTS) is 2. The fourth-order valence-electron chi connectivity index (χ4n) is 1.39. The molecule has 0 heterocycles. The summed E-state index contributed by atoms with van der Waals surface area (Å²) in [6, 6.07) is -4.61. The lowest BCUT2D eigenvalue weighted by molar-refractivity contribution is -0.144. The zero-order valence-corrected chi connectivity index (χ0v) is 11.7. The van der Waals surface area contributed by atoms with E-state index in [4.69, 9.17) is 21.1 Å². The highest BCUT2D eigenvalue weighted by Crippen LogP contribution is 1.98. The molecule has 0 spiro atoms. The Kier molecular flexibility index (Phi) is 8.01. The molecule has 0 aliphatic heterocycles. The summed E-state index contributed by atoms with van der Waals surface area (Å²) in [6.07, 6.45) is -2.09. The smallest absolute Gasteiger partial charge is 0.328 e. The van der Waals surface area contributed by atoms with Crippen molar-refractivity contribution in [2.24, 2.45) is 5.73 Å². The molecule has 11 nitrogen and oxygen atoms in total. The molecule has 0 saturated heterocycles. The number of nitrogens with two attached hydrogens (primary N) is 1. The highest BCUT2D eigenvalue weighted by molar-refractivity contribution is 5.93. The van der Waals surface area contributed by atoms with Gasteiger partial charge in [0.1, 0.15) is 12.1 Å². The van der Waals surface area contributed by atoms with E-state index < -0.39 is 61.0 Å². The van der Waals surface area contributed by atoms with E-state index in [1.165, 1.54) is 0 Å². The third kappa shape index (κ3) is 6.47. The summed E-state index contributed by atoms with van der Waals surface area (Å²) in [6.45, 7) is 0.266. The first kappa shape index (κ1) is 19.8. The lowest BCUT2D eigenvalue weighted by Gasteiger charge is -2.23. The number of rotatable bonds is 9. The normalized spacial score (nSPS) is 16.0. The molecule has 0 aromatic rings. The Morgan fingerprint density at radius 2 is 1.64 bits per heavy atom. The third-order valence-electron chi connectivity index (χ3n) is 2.59. The average molecular weight is 321 g/mol. The lowest BCUT2D eigenvalue weighted by Crippen LogP contribution is -2.58. The first-order valence-corrected chi connectivity index (χ1v) is 6.20. The zero-order valence-electron chi connectivity index (χ0n) is 11.7. The highest BCUT2D eigenvalue weighted by Gasteiger charge is 2.31. The predicted octanol–water partition coefficient (Wildman–Crippen LogP) is -3.78. The summed E-state index contributed by atoms with van der Waals surface area (Å²) in [5.41, 5.74) is 5.30. The molecule has 0 rings (SSSR count). The van der Waals surface area contributed by atoms with Gasteiger partial charge in [-0.3, -0.25) is 14.4 Å². The van der Waals surface area contributed by atoms with Gasteiger partial charge in [0.2, 0.25) is 11.8 Å². The van der Waals surface area contributed by atoms with E-state index >= 15 is 0 Å². The second-order valence-electron chi connectivity index (χ2n) is 4.51. The Balaban J connectivity index is 4.85. The molecule has 0 aromatic heterocycles. The number of aliphatic hydroxyl groups excluding tert-OH is 2. The van der Waals surface area contributed by atoms with E-state index in [9.17, 15) is 24.3 Å². The Labute approximate surface area is 125 Å². The van der Waals surface area contributed by atoms with Crippen LogP contribution in [0.2, 0.25) is 0 Å². The van der Waals surface area contributed by atoms with Crippen molar-refractivity contribution < 1.29 is 39.6 Å². The molecule has 2 amide bonds. The minimum Gasteiger partial charge on any atom is -0.481 e. The molecule has 22 heavy (non-hydrogen) atoms. The van der Waals surface area contributed by atoms with Gasteiger partial charge in [-0.2, -0.15) is 0 Å². The Morgan fingerprint density at radius 1 is 1.09 bits per heavy atom. The molecule has 0 bridgehead atoms. The highest BCUT2D eigenvalue weighted by atomic mass is 16.4. The number of aliphatic hydroxyl groups is 2. The van der Waals surface area contributed by atoms with Crippen LogP contribution in [0.1, 0.15) is 13.3 Å². The van der Waals surface area contributed by atoms with E-state index in [1.54, 1.807) is 0 Å². The lowest BCUT2D eigenvalue weighted by atomic mass is 10.1. The molecular weight excluding hydrogens is 302 g/mol. The standard InChI is InChI=1S/C11H19N3O8/c1-4(16)8(10(20)13-6(3-15)11(21)22)14-9(19)5(12)2-7(17)18/h4-6,8,15-16H,2-3,12H2,1H3,(H,13,20)(H,14,19)(H,17,18)(H,21,22). The van der Waals surface area contributed by atoms with Gasteiger partial charge in [-0.05, 0) is 6.92 Å². The maximum atomic E-state index is 11.8. The van der Waals surface area contributed by atoms with Gasteiger partial charge in [-0.25, -0.2) is 4.79 Å². The van der Waals surface area contributed by atoms with Crippen LogP contribution in [0, 0.1) is 0 Å². The van der Waals surface area contributed by atoms with Gasteiger partial charge in [0.05, 0.1) is 25.2 Å². The number of carboxylic acids is 2. The topological polar surface area (TPSA) is 199 Å².